The van der Waals surface area contributed by atoms with Crippen molar-refractivity contribution in [3.63, 3.8) is 0 Å². The predicted octanol–water partition coefficient (Wildman–Crippen LogP) is 2.89. The Morgan fingerprint density at radius 3 is 2.33 bits per heavy atom. The Morgan fingerprint density at radius 1 is 1.15 bits per heavy atom. The monoisotopic (exact) mass is 392 g/mol. The van der Waals surface area contributed by atoms with E-state index < -0.39 is 16.1 Å². The number of carbonyl (C=O) groups is 1. The molecule has 0 saturated heterocycles. The number of anilines is 2. The molecule has 27 heavy (non-hydrogen) atoms. The van der Waals surface area contributed by atoms with E-state index in [9.17, 15) is 13.2 Å². The number of para-hydroxylation sites is 2. The zero-order valence-corrected chi connectivity index (χ0v) is 16.6. The highest BCUT2D eigenvalue weighted by Gasteiger charge is 2.20. The van der Waals surface area contributed by atoms with Crippen LogP contribution < -0.4 is 19.1 Å². The maximum absolute atomic E-state index is 12.5. The lowest BCUT2D eigenvalue weighted by molar-refractivity contribution is -0.122. The van der Waals surface area contributed by atoms with Crippen molar-refractivity contribution < 1.29 is 22.7 Å². The molecular weight excluding hydrogens is 368 g/mol. The summed E-state index contributed by atoms with van der Waals surface area (Å²) in [7, 11) is -0.326. The zero-order valence-electron chi connectivity index (χ0n) is 15.8. The van der Waals surface area contributed by atoms with Crippen molar-refractivity contribution in [2.75, 3.05) is 30.0 Å². The Labute approximate surface area is 160 Å². The highest BCUT2D eigenvalue weighted by Crippen LogP contribution is 2.25. The molecule has 1 amide bonds. The van der Waals surface area contributed by atoms with Crippen molar-refractivity contribution in [1.29, 1.82) is 0 Å². The van der Waals surface area contributed by atoms with Crippen LogP contribution in [0, 0.1) is 0 Å². The minimum atomic E-state index is -3.33. The minimum absolute atomic E-state index is 0.292. The largest absolute Gasteiger partial charge is 0.495 e. The lowest BCUT2D eigenvalue weighted by Crippen LogP contribution is -2.32. The summed E-state index contributed by atoms with van der Waals surface area (Å²) in [4.78, 5) is 12.5. The molecule has 2 aromatic carbocycles. The number of methoxy groups -OCH3 is 1. The third-order valence-corrected chi connectivity index (χ3v) is 5.21. The molecule has 0 fully saturated rings. The molecule has 0 radical (unpaired) electrons. The molecule has 0 aliphatic rings. The quantitative estimate of drug-likeness (QED) is 0.747. The van der Waals surface area contributed by atoms with Crippen LogP contribution in [0.4, 0.5) is 11.4 Å². The number of hydrogen-bond donors (Lipinski definition) is 1. The van der Waals surface area contributed by atoms with E-state index in [1.165, 1.54) is 18.5 Å². The molecule has 7 nitrogen and oxygen atoms in total. The molecule has 0 unspecified atom stereocenters. The summed E-state index contributed by atoms with van der Waals surface area (Å²) in [6, 6.07) is 13.6. The number of sulfonamides is 1. The van der Waals surface area contributed by atoms with Crippen LogP contribution in [0.15, 0.2) is 48.5 Å². The molecule has 1 atom stereocenters. The fraction of sp³-hybridized carbons (Fsp3) is 0.316. The van der Waals surface area contributed by atoms with Crippen molar-refractivity contribution in [2.24, 2.45) is 0 Å². The molecule has 2 aromatic rings. The molecule has 8 heteroatoms. The highest BCUT2D eigenvalue weighted by atomic mass is 32.2. The number of carbonyl (C=O) groups excluding carboxylic acids is 1. The molecule has 0 bridgehead atoms. The summed E-state index contributed by atoms with van der Waals surface area (Å²) in [6.07, 6.45) is 0.895. The van der Waals surface area contributed by atoms with Crippen LogP contribution in [0.25, 0.3) is 0 Å². The maximum atomic E-state index is 12.5. The predicted molar refractivity (Wildman–Crippen MR) is 106 cm³/mol. The Kier molecular flexibility index (Phi) is 6.68. The van der Waals surface area contributed by atoms with E-state index in [-0.39, 0.29) is 5.91 Å². The summed E-state index contributed by atoms with van der Waals surface area (Å²) in [6.45, 7) is 1.85. The summed E-state index contributed by atoms with van der Waals surface area (Å²) in [5.41, 5.74) is 1.08. The van der Waals surface area contributed by atoms with E-state index in [0.29, 0.717) is 29.3 Å². The van der Waals surface area contributed by atoms with Crippen LogP contribution in [-0.4, -0.2) is 40.8 Å². The second kappa shape index (κ2) is 8.77. The van der Waals surface area contributed by atoms with Gasteiger partial charge in [-0.1, -0.05) is 19.1 Å². The van der Waals surface area contributed by atoms with Crippen molar-refractivity contribution in [3.05, 3.63) is 48.5 Å². The second-order valence-electron chi connectivity index (χ2n) is 5.93. The van der Waals surface area contributed by atoms with Crippen LogP contribution in [0.5, 0.6) is 11.5 Å². The number of benzene rings is 2. The van der Waals surface area contributed by atoms with Gasteiger partial charge in [-0.3, -0.25) is 9.10 Å². The van der Waals surface area contributed by atoms with Crippen molar-refractivity contribution >= 4 is 27.3 Å². The van der Waals surface area contributed by atoms with E-state index in [4.69, 9.17) is 9.47 Å². The Balaban J connectivity index is 2.09. The molecule has 0 heterocycles. The number of nitrogens with one attached hydrogen (secondary N) is 1. The maximum Gasteiger partial charge on any atom is 0.265 e. The first kappa shape index (κ1) is 20.6. The number of hydrogen-bond acceptors (Lipinski definition) is 5. The van der Waals surface area contributed by atoms with Crippen molar-refractivity contribution in [2.45, 2.75) is 19.4 Å². The van der Waals surface area contributed by atoms with Gasteiger partial charge >= 0.3 is 0 Å². The molecule has 0 spiro atoms. The zero-order chi connectivity index (χ0) is 20.0. The van der Waals surface area contributed by atoms with Gasteiger partial charge in [0.2, 0.25) is 10.0 Å². The first-order valence-electron chi connectivity index (χ1n) is 8.40. The number of rotatable bonds is 8. The number of ether oxygens (including phenoxy) is 2. The van der Waals surface area contributed by atoms with Gasteiger partial charge in [0.05, 0.1) is 24.7 Å². The molecule has 1 N–H and O–H groups in total. The van der Waals surface area contributed by atoms with E-state index in [1.807, 2.05) is 13.0 Å². The molecular formula is C19H24N2O5S. The first-order chi connectivity index (χ1) is 12.8. The normalized spacial score (nSPS) is 12.1. The van der Waals surface area contributed by atoms with Gasteiger partial charge in [-0.25, -0.2) is 8.42 Å². The van der Waals surface area contributed by atoms with E-state index >= 15 is 0 Å². The lowest BCUT2D eigenvalue weighted by atomic mass is 10.2. The van der Waals surface area contributed by atoms with Gasteiger partial charge in [0.1, 0.15) is 11.5 Å². The van der Waals surface area contributed by atoms with Crippen LogP contribution in [0.3, 0.4) is 0 Å². The Bertz CT molecular complexity index is 881. The topological polar surface area (TPSA) is 84.9 Å². The van der Waals surface area contributed by atoms with Gasteiger partial charge in [0.15, 0.2) is 6.10 Å². The van der Waals surface area contributed by atoms with E-state index in [2.05, 4.69) is 5.32 Å². The van der Waals surface area contributed by atoms with Gasteiger partial charge in [-0.2, -0.15) is 0 Å². The van der Waals surface area contributed by atoms with Gasteiger partial charge in [-0.05, 0) is 42.8 Å². The Hall–Kier alpha value is -2.74. The summed E-state index contributed by atoms with van der Waals surface area (Å²) >= 11 is 0. The minimum Gasteiger partial charge on any atom is -0.495 e. The molecule has 146 valence electrons. The number of amides is 1. The summed E-state index contributed by atoms with van der Waals surface area (Å²) in [5.74, 6) is 0.746. The van der Waals surface area contributed by atoms with Gasteiger partial charge < -0.3 is 14.8 Å². The summed E-state index contributed by atoms with van der Waals surface area (Å²) < 4.78 is 35.3. The van der Waals surface area contributed by atoms with Crippen molar-refractivity contribution in [1.82, 2.24) is 0 Å². The van der Waals surface area contributed by atoms with E-state index in [0.717, 1.165) is 6.26 Å². The standard InChI is InChI=1S/C19H24N2O5S/c1-5-17(19(22)20-16-8-6-7-9-18(16)25-3)26-15-12-10-14(11-13-15)21(2)27(4,23)24/h6-13,17H,5H2,1-4H3,(H,20,22)/t17-/m0/s1. The third kappa shape index (κ3) is 5.37. The van der Waals surface area contributed by atoms with E-state index in [1.54, 1.807) is 42.5 Å². The molecule has 0 saturated carbocycles. The molecule has 0 aliphatic carbocycles. The van der Waals surface area contributed by atoms with Gasteiger partial charge in [-0.15, -0.1) is 0 Å². The van der Waals surface area contributed by atoms with Crippen LogP contribution in [0.1, 0.15) is 13.3 Å². The second-order valence-corrected chi connectivity index (χ2v) is 7.94. The first-order valence-corrected chi connectivity index (χ1v) is 10.3. The average Bonchev–Trinajstić information content (AvgIpc) is 2.65. The van der Waals surface area contributed by atoms with Crippen LogP contribution in [0.2, 0.25) is 0 Å². The smallest absolute Gasteiger partial charge is 0.265 e. The summed E-state index contributed by atoms with van der Waals surface area (Å²) in [5, 5.41) is 2.81. The number of nitrogens with zero attached hydrogens (tertiary/aromatic N) is 1. The Morgan fingerprint density at radius 2 is 1.78 bits per heavy atom. The third-order valence-electron chi connectivity index (χ3n) is 4.00. The van der Waals surface area contributed by atoms with Crippen molar-refractivity contribution in [3.8, 4) is 11.5 Å². The van der Waals surface area contributed by atoms with Gasteiger partial charge in [0.25, 0.3) is 5.91 Å². The molecule has 0 aromatic heterocycles. The highest BCUT2D eigenvalue weighted by molar-refractivity contribution is 7.92. The average molecular weight is 392 g/mol. The van der Waals surface area contributed by atoms with Gasteiger partial charge in [0, 0.05) is 7.05 Å². The molecule has 0 aliphatic heterocycles. The fourth-order valence-electron chi connectivity index (χ4n) is 2.37. The van der Waals surface area contributed by atoms with Crippen LogP contribution in [-0.2, 0) is 14.8 Å². The lowest BCUT2D eigenvalue weighted by Gasteiger charge is -2.20. The van der Waals surface area contributed by atoms with Crippen LogP contribution >= 0.6 is 0 Å². The fourth-order valence-corrected chi connectivity index (χ4v) is 2.88. The SMILES string of the molecule is CC[C@H](Oc1ccc(N(C)S(C)(=O)=O)cc1)C(=O)Nc1ccccc1OC. The molecule has 2 rings (SSSR count).